The number of hydrogen-bond donors (Lipinski definition) is 1. The fourth-order valence-electron chi connectivity index (χ4n) is 2.65. The van der Waals surface area contributed by atoms with Crippen molar-refractivity contribution >= 4 is 11.4 Å². The number of benzene rings is 1. The summed E-state index contributed by atoms with van der Waals surface area (Å²) in [5.74, 6) is 0. The van der Waals surface area contributed by atoms with Crippen LogP contribution in [0.3, 0.4) is 0 Å². The Balaban J connectivity index is 2.44. The van der Waals surface area contributed by atoms with Crippen LogP contribution in [0.2, 0.25) is 0 Å². The highest BCUT2D eigenvalue weighted by molar-refractivity contribution is 5.68. The molecule has 0 aliphatic carbocycles. The lowest BCUT2D eigenvalue weighted by Gasteiger charge is -2.36. The van der Waals surface area contributed by atoms with E-state index in [4.69, 9.17) is 0 Å². The van der Waals surface area contributed by atoms with Gasteiger partial charge in [-0.05, 0) is 31.7 Å². The Kier molecular flexibility index (Phi) is 3.81. The van der Waals surface area contributed by atoms with Crippen LogP contribution in [0, 0.1) is 17.0 Å². The molecule has 1 aromatic carbocycles. The minimum Gasteiger partial charge on any atom is -0.394 e. The van der Waals surface area contributed by atoms with Crippen LogP contribution in [0.5, 0.6) is 0 Å². The fraction of sp³-hybridized carbons (Fsp3) is 0.538. The van der Waals surface area contributed by atoms with Crippen molar-refractivity contribution in [2.75, 3.05) is 18.1 Å². The van der Waals surface area contributed by atoms with E-state index in [-0.39, 0.29) is 23.3 Å². The Morgan fingerprint density at radius 1 is 1.50 bits per heavy atom. The molecule has 1 fully saturated rings. The van der Waals surface area contributed by atoms with Crippen molar-refractivity contribution in [1.29, 1.82) is 0 Å². The van der Waals surface area contributed by atoms with Gasteiger partial charge in [-0.25, -0.2) is 0 Å². The van der Waals surface area contributed by atoms with E-state index >= 15 is 0 Å². The topological polar surface area (TPSA) is 66.6 Å². The van der Waals surface area contributed by atoms with Gasteiger partial charge in [-0.15, -0.1) is 0 Å². The van der Waals surface area contributed by atoms with Crippen molar-refractivity contribution in [3.05, 3.63) is 33.9 Å². The Morgan fingerprint density at radius 2 is 2.28 bits per heavy atom. The van der Waals surface area contributed by atoms with Gasteiger partial charge in [0.25, 0.3) is 5.69 Å². The molecule has 5 heteroatoms. The third-order valence-electron chi connectivity index (χ3n) is 3.54. The second-order valence-electron chi connectivity index (χ2n) is 4.73. The van der Waals surface area contributed by atoms with Gasteiger partial charge in [-0.3, -0.25) is 10.1 Å². The number of hydrogen-bond acceptors (Lipinski definition) is 4. The number of anilines is 1. The Morgan fingerprint density at radius 3 is 2.94 bits per heavy atom. The monoisotopic (exact) mass is 250 g/mol. The predicted octanol–water partition coefficient (Wildman–Crippen LogP) is 2.25. The summed E-state index contributed by atoms with van der Waals surface area (Å²) in [4.78, 5) is 12.8. The van der Waals surface area contributed by atoms with E-state index in [1.807, 2.05) is 17.9 Å². The van der Waals surface area contributed by atoms with E-state index in [0.29, 0.717) is 5.69 Å². The van der Waals surface area contributed by atoms with E-state index < -0.39 is 0 Å². The highest BCUT2D eigenvalue weighted by atomic mass is 16.6. The summed E-state index contributed by atoms with van der Waals surface area (Å²) in [5.41, 5.74) is 1.70. The van der Waals surface area contributed by atoms with Crippen LogP contribution in [0.25, 0.3) is 0 Å². The average molecular weight is 250 g/mol. The first-order valence-corrected chi connectivity index (χ1v) is 6.26. The fourth-order valence-corrected chi connectivity index (χ4v) is 2.65. The summed E-state index contributed by atoms with van der Waals surface area (Å²) in [6.45, 7) is 2.70. The minimum absolute atomic E-state index is 0.00134. The third kappa shape index (κ3) is 2.31. The molecule has 0 aromatic heterocycles. The second kappa shape index (κ2) is 5.35. The summed E-state index contributed by atoms with van der Waals surface area (Å²) in [6.07, 6.45) is 2.98. The molecule has 1 heterocycles. The van der Waals surface area contributed by atoms with Crippen molar-refractivity contribution in [1.82, 2.24) is 0 Å². The van der Waals surface area contributed by atoms with Crippen LogP contribution in [0.4, 0.5) is 11.4 Å². The molecule has 5 nitrogen and oxygen atoms in total. The molecule has 0 spiro atoms. The lowest BCUT2D eigenvalue weighted by atomic mass is 10.00. The number of nitro groups is 1. The van der Waals surface area contributed by atoms with Gasteiger partial charge >= 0.3 is 0 Å². The molecule has 1 saturated heterocycles. The lowest BCUT2D eigenvalue weighted by molar-refractivity contribution is -0.384. The maximum absolute atomic E-state index is 11.1. The summed E-state index contributed by atoms with van der Waals surface area (Å²) >= 11 is 0. The first-order chi connectivity index (χ1) is 8.65. The van der Waals surface area contributed by atoms with Crippen LogP contribution >= 0.6 is 0 Å². The Labute approximate surface area is 106 Å². The van der Waals surface area contributed by atoms with Gasteiger partial charge in [0, 0.05) is 12.6 Å². The Bertz CT molecular complexity index is 448. The molecule has 1 aromatic rings. The first-order valence-electron chi connectivity index (χ1n) is 6.26. The molecule has 0 saturated carbocycles. The molecule has 1 aliphatic rings. The highest BCUT2D eigenvalue weighted by Crippen LogP contribution is 2.35. The Hall–Kier alpha value is -1.62. The molecule has 1 N–H and O–H groups in total. The summed E-state index contributed by atoms with van der Waals surface area (Å²) in [5, 5.41) is 20.6. The van der Waals surface area contributed by atoms with Gasteiger partial charge in [-0.2, -0.15) is 0 Å². The zero-order chi connectivity index (χ0) is 13.1. The summed E-state index contributed by atoms with van der Waals surface area (Å²) in [6, 6.07) is 5.12. The lowest BCUT2D eigenvalue weighted by Crippen LogP contribution is -2.42. The van der Waals surface area contributed by atoms with E-state index in [2.05, 4.69) is 0 Å². The molecule has 0 amide bonds. The molecular formula is C13H18N2O3. The second-order valence-corrected chi connectivity index (χ2v) is 4.73. The first kappa shape index (κ1) is 12.8. The molecule has 1 unspecified atom stereocenters. The number of piperidine rings is 1. The smallest absolute Gasteiger partial charge is 0.292 e. The van der Waals surface area contributed by atoms with E-state index in [9.17, 15) is 15.2 Å². The molecule has 1 aliphatic heterocycles. The predicted molar refractivity (Wildman–Crippen MR) is 69.9 cm³/mol. The number of aliphatic hydroxyl groups is 1. The number of nitrogens with zero attached hydrogens (tertiary/aromatic N) is 2. The molecular weight excluding hydrogens is 232 g/mol. The van der Waals surface area contributed by atoms with Crippen LogP contribution in [0.15, 0.2) is 18.2 Å². The normalized spacial score (nSPS) is 19.9. The molecule has 0 radical (unpaired) electrons. The van der Waals surface area contributed by atoms with Gasteiger partial charge in [0.15, 0.2) is 0 Å². The van der Waals surface area contributed by atoms with Crippen LogP contribution < -0.4 is 4.90 Å². The number of aryl methyl sites for hydroxylation is 1. The van der Waals surface area contributed by atoms with E-state index in [0.717, 1.165) is 31.4 Å². The van der Waals surface area contributed by atoms with E-state index in [1.54, 1.807) is 6.07 Å². The van der Waals surface area contributed by atoms with Crippen LogP contribution in [-0.2, 0) is 0 Å². The van der Waals surface area contributed by atoms with Gasteiger partial charge in [0.05, 0.1) is 17.6 Å². The van der Waals surface area contributed by atoms with Crippen molar-refractivity contribution in [3.63, 3.8) is 0 Å². The van der Waals surface area contributed by atoms with Gasteiger partial charge in [0.2, 0.25) is 0 Å². The number of rotatable bonds is 3. The summed E-state index contributed by atoms with van der Waals surface area (Å²) in [7, 11) is 0. The van der Waals surface area contributed by atoms with Gasteiger partial charge < -0.3 is 10.0 Å². The SMILES string of the molecule is Cc1cccc([N+](=O)[O-])c1N1CCCCC1CO. The maximum atomic E-state index is 11.1. The van der Waals surface area contributed by atoms with Crippen molar-refractivity contribution in [3.8, 4) is 0 Å². The van der Waals surface area contributed by atoms with E-state index in [1.165, 1.54) is 6.07 Å². The molecule has 18 heavy (non-hydrogen) atoms. The number of para-hydroxylation sites is 1. The average Bonchev–Trinajstić information content (AvgIpc) is 2.38. The third-order valence-corrected chi connectivity index (χ3v) is 3.54. The van der Waals surface area contributed by atoms with Crippen molar-refractivity contribution < 1.29 is 10.0 Å². The maximum Gasteiger partial charge on any atom is 0.292 e. The number of aliphatic hydroxyl groups excluding tert-OH is 1. The molecule has 0 bridgehead atoms. The number of nitro benzene ring substituents is 1. The van der Waals surface area contributed by atoms with Crippen molar-refractivity contribution in [2.45, 2.75) is 32.2 Å². The molecule has 2 rings (SSSR count). The van der Waals surface area contributed by atoms with Crippen molar-refractivity contribution in [2.24, 2.45) is 0 Å². The molecule has 98 valence electrons. The standard InChI is InChI=1S/C13H18N2O3/c1-10-5-4-7-12(15(17)18)13(10)14-8-3-2-6-11(14)9-16/h4-5,7,11,16H,2-3,6,8-9H2,1H3. The minimum atomic E-state index is -0.342. The molecule has 1 atom stereocenters. The van der Waals surface area contributed by atoms with Gasteiger partial charge in [0.1, 0.15) is 5.69 Å². The van der Waals surface area contributed by atoms with Crippen LogP contribution in [0.1, 0.15) is 24.8 Å². The van der Waals surface area contributed by atoms with Gasteiger partial charge in [-0.1, -0.05) is 12.1 Å². The summed E-state index contributed by atoms with van der Waals surface area (Å²) < 4.78 is 0. The zero-order valence-corrected chi connectivity index (χ0v) is 10.5. The quantitative estimate of drug-likeness (QED) is 0.660. The largest absolute Gasteiger partial charge is 0.394 e. The van der Waals surface area contributed by atoms with Crippen LogP contribution in [-0.4, -0.2) is 29.2 Å². The highest BCUT2D eigenvalue weighted by Gasteiger charge is 2.28. The zero-order valence-electron chi connectivity index (χ0n) is 10.5.